The Balaban J connectivity index is 0.00000261. The molecule has 2 aromatic carbocycles. The lowest BCUT2D eigenvalue weighted by Crippen LogP contribution is -2.39. The lowest BCUT2D eigenvalue weighted by atomic mass is 10.1. The van der Waals surface area contributed by atoms with E-state index in [0.717, 1.165) is 25.0 Å². The Kier molecular flexibility index (Phi) is 7.49. The summed E-state index contributed by atoms with van der Waals surface area (Å²) in [6.45, 7) is 0.502. The van der Waals surface area contributed by atoms with Crippen molar-refractivity contribution in [2.75, 3.05) is 13.7 Å². The van der Waals surface area contributed by atoms with E-state index in [2.05, 4.69) is 4.72 Å². The molecule has 0 bridgehead atoms. The molecule has 0 amide bonds. The van der Waals surface area contributed by atoms with Crippen molar-refractivity contribution in [1.29, 1.82) is 0 Å². The molecule has 2 aromatic rings. The van der Waals surface area contributed by atoms with Gasteiger partial charge < -0.3 is 15.2 Å². The summed E-state index contributed by atoms with van der Waals surface area (Å²) in [6, 6.07) is 13.5. The van der Waals surface area contributed by atoms with E-state index in [1.54, 1.807) is 55.6 Å². The second-order valence-corrected chi connectivity index (χ2v) is 8.12. The van der Waals surface area contributed by atoms with E-state index in [1.165, 1.54) is 0 Å². The van der Waals surface area contributed by atoms with Crippen molar-refractivity contribution in [1.82, 2.24) is 4.72 Å². The van der Waals surface area contributed by atoms with E-state index in [1.807, 2.05) is 0 Å². The van der Waals surface area contributed by atoms with E-state index >= 15 is 0 Å². The van der Waals surface area contributed by atoms with Crippen LogP contribution in [-0.4, -0.2) is 28.1 Å². The predicted octanol–water partition coefficient (Wildman–Crippen LogP) is 3.32. The maximum Gasteiger partial charge on any atom is 0.240 e. The summed E-state index contributed by atoms with van der Waals surface area (Å²) in [4.78, 5) is 0.224. The monoisotopic (exact) mass is 412 g/mol. The molecule has 0 aliphatic heterocycles. The van der Waals surface area contributed by atoms with Gasteiger partial charge in [-0.05, 0) is 73.8 Å². The number of hydrogen-bond acceptors (Lipinski definition) is 5. The fourth-order valence-corrected chi connectivity index (χ4v) is 4.55. The van der Waals surface area contributed by atoms with Crippen LogP contribution in [0.25, 0.3) is 0 Å². The van der Waals surface area contributed by atoms with Crippen LogP contribution < -0.4 is 19.9 Å². The van der Waals surface area contributed by atoms with Crippen LogP contribution in [0.4, 0.5) is 0 Å². The lowest BCUT2D eigenvalue weighted by Gasteiger charge is -2.19. The minimum absolute atomic E-state index is 0. The molecule has 0 saturated heterocycles. The molecule has 0 spiro atoms. The van der Waals surface area contributed by atoms with Crippen LogP contribution in [0.15, 0.2) is 53.4 Å². The van der Waals surface area contributed by atoms with Crippen molar-refractivity contribution in [3.63, 3.8) is 0 Å². The van der Waals surface area contributed by atoms with Crippen LogP contribution >= 0.6 is 12.4 Å². The third-order valence-corrected chi connectivity index (χ3v) is 6.20. The molecule has 2 unspecified atom stereocenters. The number of halogens is 1. The smallest absolute Gasteiger partial charge is 0.240 e. The van der Waals surface area contributed by atoms with Crippen LogP contribution in [0.5, 0.6) is 17.2 Å². The largest absolute Gasteiger partial charge is 0.497 e. The fourth-order valence-electron chi connectivity index (χ4n) is 3.21. The van der Waals surface area contributed by atoms with Gasteiger partial charge in [-0.2, -0.15) is 0 Å². The van der Waals surface area contributed by atoms with Gasteiger partial charge in [0.1, 0.15) is 17.2 Å². The van der Waals surface area contributed by atoms with Crippen LogP contribution in [0.3, 0.4) is 0 Å². The third kappa shape index (κ3) is 5.35. The number of ether oxygens (including phenoxy) is 2. The summed E-state index contributed by atoms with van der Waals surface area (Å²) in [6.07, 6.45) is 2.81. The van der Waals surface area contributed by atoms with Gasteiger partial charge in [0.15, 0.2) is 0 Å². The van der Waals surface area contributed by atoms with Gasteiger partial charge in [0.05, 0.1) is 12.0 Å². The molecule has 2 atom stereocenters. The molecule has 6 nitrogen and oxygen atoms in total. The molecule has 0 heterocycles. The van der Waals surface area contributed by atoms with E-state index in [0.29, 0.717) is 18.0 Å². The quantitative estimate of drug-likeness (QED) is 0.728. The molecular weight excluding hydrogens is 388 g/mol. The summed E-state index contributed by atoms with van der Waals surface area (Å²) in [5, 5.41) is 0. The first-order chi connectivity index (χ1) is 12.5. The number of sulfonamides is 1. The fraction of sp³-hybridized carbons (Fsp3) is 0.368. The van der Waals surface area contributed by atoms with E-state index in [-0.39, 0.29) is 29.3 Å². The zero-order valence-electron chi connectivity index (χ0n) is 15.1. The second kappa shape index (κ2) is 9.41. The summed E-state index contributed by atoms with van der Waals surface area (Å²) in [5.74, 6) is 2.17. The first-order valence-electron chi connectivity index (χ1n) is 8.66. The van der Waals surface area contributed by atoms with Gasteiger partial charge in [0.25, 0.3) is 0 Å². The van der Waals surface area contributed by atoms with Gasteiger partial charge >= 0.3 is 0 Å². The summed E-state index contributed by atoms with van der Waals surface area (Å²) < 4.78 is 38.8. The molecule has 0 aromatic heterocycles. The van der Waals surface area contributed by atoms with Crippen molar-refractivity contribution in [2.45, 2.75) is 30.2 Å². The second-order valence-electron chi connectivity index (χ2n) is 6.40. The van der Waals surface area contributed by atoms with E-state index in [4.69, 9.17) is 15.2 Å². The maximum absolute atomic E-state index is 12.6. The number of nitrogens with two attached hydrogens (primary N) is 1. The first kappa shape index (κ1) is 21.5. The van der Waals surface area contributed by atoms with Crippen LogP contribution in [0.1, 0.15) is 19.3 Å². The van der Waals surface area contributed by atoms with Gasteiger partial charge in [-0.3, -0.25) is 0 Å². The molecule has 3 N–H and O–H groups in total. The highest BCUT2D eigenvalue weighted by atomic mass is 35.5. The zero-order chi connectivity index (χ0) is 18.6. The zero-order valence-corrected chi connectivity index (χ0v) is 16.8. The Hall–Kier alpha value is -1.80. The molecule has 1 aliphatic rings. The van der Waals surface area contributed by atoms with Crippen molar-refractivity contribution in [2.24, 2.45) is 11.7 Å². The van der Waals surface area contributed by atoms with E-state index < -0.39 is 10.0 Å². The molecule has 1 saturated carbocycles. The van der Waals surface area contributed by atoms with Gasteiger partial charge in [0.2, 0.25) is 10.0 Å². The molecule has 27 heavy (non-hydrogen) atoms. The molecule has 1 fully saturated rings. The maximum atomic E-state index is 12.6. The number of benzene rings is 2. The van der Waals surface area contributed by atoms with Crippen LogP contribution in [0, 0.1) is 5.92 Å². The molecule has 8 heteroatoms. The van der Waals surface area contributed by atoms with Crippen molar-refractivity contribution in [3.05, 3.63) is 48.5 Å². The van der Waals surface area contributed by atoms with Crippen molar-refractivity contribution >= 4 is 22.4 Å². The topological polar surface area (TPSA) is 90.6 Å². The van der Waals surface area contributed by atoms with Crippen molar-refractivity contribution < 1.29 is 17.9 Å². The summed E-state index contributed by atoms with van der Waals surface area (Å²) in [7, 11) is -1.96. The Morgan fingerprint density at radius 2 is 1.56 bits per heavy atom. The Labute approximate surface area is 166 Å². The summed E-state index contributed by atoms with van der Waals surface area (Å²) in [5.41, 5.74) is 5.73. The highest BCUT2D eigenvalue weighted by Gasteiger charge is 2.30. The van der Waals surface area contributed by atoms with Crippen LogP contribution in [0.2, 0.25) is 0 Å². The SMILES string of the molecule is COc1ccc(Oc2ccc(S(=O)(=O)NC3CCCC3CN)cc2)cc1.Cl. The molecule has 0 radical (unpaired) electrons. The average molecular weight is 413 g/mol. The first-order valence-corrected chi connectivity index (χ1v) is 10.1. The minimum Gasteiger partial charge on any atom is -0.497 e. The van der Waals surface area contributed by atoms with E-state index in [9.17, 15) is 8.42 Å². The number of rotatable bonds is 7. The number of methoxy groups -OCH3 is 1. The number of nitrogens with one attached hydrogen (secondary N) is 1. The summed E-state index contributed by atoms with van der Waals surface area (Å²) >= 11 is 0. The van der Waals surface area contributed by atoms with Gasteiger partial charge in [-0.15, -0.1) is 12.4 Å². The minimum atomic E-state index is -3.56. The lowest BCUT2D eigenvalue weighted by molar-refractivity contribution is 0.413. The van der Waals surface area contributed by atoms with Gasteiger partial charge in [-0.25, -0.2) is 13.1 Å². The highest BCUT2D eigenvalue weighted by molar-refractivity contribution is 7.89. The Morgan fingerprint density at radius 3 is 2.11 bits per heavy atom. The van der Waals surface area contributed by atoms with Crippen molar-refractivity contribution in [3.8, 4) is 17.2 Å². The molecule has 148 valence electrons. The van der Waals surface area contributed by atoms with Gasteiger partial charge in [0, 0.05) is 6.04 Å². The van der Waals surface area contributed by atoms with Crippen LogP contribution in [-0.2, 0) is 10.0 Å². The normalized spacial score (nSPS) is 19.3. The highest BCUT2D eigenvalue weighted by Crippen LogP contribution is 2.28. The Morgan fingerprint density at radius 1 is 1.00 bits per heavy atom. The Bertz CT molecular complexity index is 826. The van der Waals surface area contributed by atoms with Gasteiger partial charge in [-0.1, -0.05) is 6.42 Å². The third-order valence-electron chi connectivity index (χ3n) is 4.70. The number of hydrogen-bond donors (Lipinski definition) is 2. The standard InChI is InChI=1S/C19H24N2O4S.ClH/c1-24-15-5-7-16(8-6-15)25-17-9-11-18(12-10-17)26(22,23)21-19-4-2-3-14(19)13-20;/h5-12,14,19,21H,2-4,13,20H2,1H3;1H. The molecule has 1 aliphatic carbocycles. The molecule has 3 rings (SSSR count). The molecular formula is C19H25ClN2O4S. The predicted molar refractivity (Wildman–Crippen MR) is 107 cm³/mol. The average Bonchev–Trinajstić information content (AvgIpc) is 3.09.